The Morgan fingerprint density at radius 1 is 1.03 bits per heavy atom. The van der Waals surface area contributed by atoms with E-state index in [4.69, 9.17) is 4.74 Å². The lowest BCUT2D eigenvalue weighted by Crippen LogP contribution is -2.24. The fourth-order valence-corrected chi connectivity index (χ4v) is 4.33. The summed E-state index contributed by atoms with van der Waals surface area (Å²) in [7, 11) is 0. The van der Waals surface area contributed by atoms with Gasteiger partial charge < -0.3 is 14.5 Å². The highest BCUT2D eigenvalue weighted by Crippen LogP contribution is 2.36. The van der Waals surface area contributed by atoms with Crippen LogP contribution in [0.1, 0.15) is 39.9 Å². The van der Waals surface area contributed by atoms with Crippen molar-refractivity contribution in [2.75, 3.05) is 11.4 Å². The number of fused-ring (bicyclic) bond motifs is 1. The molecule has 0 unspecified atom stereocenters. The Bertz CT molecular complexity index is 1300. The lowest BCUT2D eigenvalue weighted by molar-refractivity contribution is -0.117. The van der Waals surface area contributed by atoms with Crippen LogP contribution in [-0.4, -0.2) is 23.3 Å². The van der Waals surface area contributed by atoms with E-state index >= 15 is 0 Å². The molecule has 6 nitrogen and oxygen atoms in total. The molecule has 3 aromatic carbocycles. The van der Waals surface area contributed by atoms with Crippen molar-refractivity contribution in [1.82, 2.24) is 4.90 Å². The second-order valence-electron chi connectivity index (χ2n) is 8.10. The third-order valence-corrected chi connectivity index (χ3v) is 5.97. The molecule has 0 N–H and O–H groups in total. The van der Waals surface area contributed by atoms with E-state index in [1.165, 1.54) is 18.2 Å². The summed E-state index contributed by atoms with van der Waals surface area (Å²) >= 11 is 0. The van der Waals surface area contributed by atoms with Gasteiger partial charge in [-0.2, -0.15) is 5.26 Å². The molecule has 0 atom stereocenters. The van der Waals surface area contributed by atoms with Crippen molar-refractivity contribution in [2.45, 2.75) is 25.9 Å². The number of hydrogen-bond acceptors (Lipinski definition) is 4. The lowest BCUT2D eigenvalue weighted by atomic mass is 10.1. The van der Waals surface area contributed by atoms with Gasteiger partial charge in [0.05, 0.1) is 11.1 Å². The fourth-order valence-electron chi connectivity index (χ4n) is 4.33. The summed E-state index contributed by atoms with van der Waals surface area (Å²) in [6.45, 7) is 1.53. The molecular formula is C26H20FN3O3. The Hall–Kier alpha value is -4.18. The highest BCUT2D eigenvalue weighted by Gasteiger charge is 2.31. The number of halogens is 1. The molecule has 0 saturated carbocycles. The van der Waals surface area contributed by atoms with Crippen molar-refractivity contribution < 1.29 is 18.7 Å². The van der Waals surface area contributed by atoms with Gasteiger partial charge >= 0.3 is 0 Å². The van der Waals surface area contributed by atoms with Gasteiger partial charge in [0.1, 0.15) is 11.8 Å². The molecule has 1 fully saturated rings. The number of anilines is 1. The number of carbonyl (C=O) groups is 2. The predicted octanol–water partition coefficient (Wildman–Crippen LogP) is 4.77. The van der Waals surface area contributed by atoms with Crippen LogP contribution in [0.4, 0.5) is 10.1 Å². The van der Waals surface area contributed by atoms with Crippen molar-refractivity contribution in [3.8, 4) is 17.6 Å². The number of nitriles is 1. The SMILES string of the molecule is N#Cc1cccc(F)c1Oc1cccc2c1C(=O)N(Cc1ccc(N3CCCC3=O)cc1)C2. The third kappa shape index (κ3) is 3.80. The summed E-state index contributed by atoms with van der Waals surface area (Å²) in [6.07, 6.45) is 1.45. The Labute approximate surface area is 190 Å². The van der Waals surface area contributed by atoms with Crippen molar-refractivity contribution in [1.29, 1.82) is 5.26 Å². The molecule has 0 aliphatic carbocycles. The number of rotatable bonds is 5. The number of ether oxygens (including phenoxy) is 1. The van der Waals surface area contributed by atoms with E-state index in [2.05, 4.69) is 0 Å². The molecule has 2 heterocycles. The van der Waals surface area contributed by atoms with Crippen LogP contribution in [0.3, 0.4) is 0 Å². The monoisotopic (exact) mass is 441 g/mol. The van der Waals surface area contributed by atoms with E-state index in [0.717, 1.165) is 29.8 Å². The minimum Gasteiger partial charge on any atom is -0.452 e. The third-order valence-electron chi connectivity index (χ3n) is 5.97. The summed E-state index contributed by atoms with van der Waals surface area (Å²) in [5.41, 5.74) is 3.03. The molecule has 7 heteroatoms. The summed E-state index contributed by atoms with van der Waals surface area (Å²) in [5, 5.41) is 9.28. The largest absolute Gasteiger partial charge is 0.452 e. The molecule has 33 heavy (non-hydrogen) atoms. The molecule has 0 spiro atoms. The summed E-state index contributed by atoms with van der Waals surface area (Å²) in [4.78, 5) is 28.6. The first kappa shape index (κ1) is 20.7. The van der Waals surface area contributed by atoms with Gasteiger partial charge in [0.2, 0.25) is 5.91 Å². The minimum atomic E-state index is -0.662. The molecule has 164 valence electrons. The molecule has 2 aliphatic heterocycles. The lowest BCUT2D eigenvalue weighted by Gasteiger charge is -2.18. The number of carbonyl (C=O) groups excluding carboxylic acids is 2. The zero-order chi connectivity index (χ0) is 22.9. The van der Waals surface area contributed by atoms with Crippen LogP contribution in [0.15, 0.2) is 60.7 Å². The van der Waals surface area contributed by atoms with Gasteiger partial charge in [-0.1, -0.05) is 30.3 Å². The van der Waals surface area contributed by atoms with Gasteiger partial charge in [-0.3, -0.25) is 9.59 Å². The van der Waals surface area contributed by atoms with Gasteiger partial charge in [-0.25, -0.2) is 4.39 Å². The zero-order valence-corrected chi connectivity index (χ0v) is 17.8. The quantitative estimate of drug-likeness (QED) is 0.572. The molecule has 0 radical (unpaired) electrons. The topological polar surface area (TPSA) is 73.6 Å². The van der Waals surface area contributed by atoms with Crippen LogP contribution in [0, 0.1) is 17.1 Å². The van der Waals surface area contributed by atoms with Gasteiger partial charge in [0.15, 0.2) is 11.6 Å². The van der Waals surface area contributed by atoms with Crippen molar-refractivity contribution in [2.24, 2.45) is 0 Å². The summed E-state index contributed by atoms with van der Waals surface area (Å²) < 4.78 is 20.1. The Balaban J connectivity index is 1.36. The van der Waals surface area contributed by atoms with Gasteiger partial charge in [-0.05, 0) is 47.9 Å². The van der Waals surface area contributed by atoms with Crippen LogP contribution in [0.2, 0.25) is 0 Å². The van der Waals surface area contributed by atoms with Crippen LogP contribution in [0.5, 0.6) is 11.5 Å². The molecule has 5 rings (SSSR count). The van der Waals surface area contributed by atoms with Crippen molar-refractivity contribution in [3.05, 3.63) is 88.7 Å². The zero-order valence-electron chi connectivity index (χ0n) is 17.8. The van der Waals surface area contributed by atoms with Gasteiger partial charge in [-0.15, -0.1) is 0 Å². The van der Waals surface area contributed by atoms with Crippen LogP contribution >= 0.6 is 0 Å². The average molecular weight is 441 g/mol. The smallest absolute Gasteiger partial charge is 0.258 e. The van der Waals surface area contributed by atoms with E-state index in [1.54, 1.807) is 21.9 Å². The van der Waals surface area contributed by atoms with E-state index in [9.17, 15) is 19.2 Å². The molecule has 0 aromatic heterocycles. The van der Waals surface area contributed by atoms with E-state index in [-0.39, 0.29) is 28.9 Å². The van der Waals surface area contributed by atoms with E-state index in [1.807, 2.05) is 36.4 Å². The number of nitrogens with zero attached hydrogens (tertiary/aromatic N) is 3. The van der Waals surface area contributed by atoms with Crippen molar-refractivity contribution in [3.63, 3.8) is 0 Å². The maximum atomic E-state index is 14.3. The Kier molecular flexibility index (Phi) is 5.27. The minimum absolute atomic E-state index is 0.0616. The van der Waals surface area contributed by atoms with Crippen LogP contribution in [-0.2, 0) is 17.9 Å². The number of benzene rings is 3. The molecule has 2 amide bonds. The summed E-state index contributed by atoms with van der Waals surface area (Å²) in [5.74, 6) is -0.703. The van der Waals surface area contributed by atoms with Crippen LogP contribution < -0.4 is 9.64 Å². The van der Waals surface area contributed by atoms with E-state index in [0.29, 0.717) is 25.1 Å². The number of para-hydroxylation sites is 1. The fraction of sp³-hybridized carbons (Fsp3) is 0.192. The standard InChI is InChI=1S/C26H20FN3O3/c27-21-6-1-4-18(14-28)25(21)33-22-7-2-5-19-16-29(26(32)24(19)22)15-17-9-11-20(12-10-17)30-13-3-8-23(30)31/h1-2,4-7,9-12H,3,8,13,15-16H2. The van der Waals surface area contributed by atoms with Gasteiger partial charge in [0, 0.05) is 31.7 Å². The van der Waals surface area contributed by atoms with Crippen LogP contribution in [0.25, 0.3) is 0 Å². The maximum absolute atomic E-state index is 14.3. The Morgan fingerprint density at radius 3 is 2.55 bits per heavy atom. The first-order valence-corrected chi connectivity index (χ1v) is 10.7. The Morgan fingerprint density at radius 2 is 1.82 bits per heavy atom. The molecule has 3 aromatic rings. The second kappa shape index (κ2) is 8.40. The number of amides is 2. The number of hydrogen-bond donors (Lipinski definition) is 0. The second-order valence-corrected chi connectivity index (χ2v) is 8.10. The summed E-state index contributed by atoms with van der Waals surface area (Å²) in [6, 6.07) is 18.9. The molecular weight excluding hydrogens is 421 g/mol. The molecule has 0 bridgehead atoms. The van der Waals surface area contributed by atoms with E-state index < -0.39 is 5.82 Å². The first-order chi connectivity index (χ1) is 16.0. The van der Waals surface area contributed by atoms with Crippen molar-refractivity contribution >= 4 is 17.5 Å². The van der Waals surface area contributed by atoms with Gasteiger partial charge in [0.25, 0.3) is 5.91 Å². The predicted molar refractivity (Wildman–Crippen MR) is 119 cm³/mol. The highest BCUT2D eigenvalue weighted by molar-refractivity contribution is 6.01. The first-order valence-electron chi connectivity index (χ1n) is 10.7. The molecule has 1 saturated heterocycles. The average Bonchev–Trinajstić information content (AvgIpc) is 3.39. The molecule has 2 aliphatic rings. The normalized spacial score (nSPS) is 15.0. The maximum Gasteiger partial charge on any atom is 0.258 e. The highest BCUT2D eigenvalue weighted by atomic mass is 19.1.